The van der Waals surface area contributed by atoms with Crippen molar-refractivity contribution >= 4 is 21.8 Å². The van der Waals surface area contributed by atoms with Gasteiger partial charge in [-0.3, -0.25) is 0 Å². The molecule has 3 aliphatic rings. The van der Waals surface area contributed by atoms with Gasteiger partial charge in [-0.05, 0) is 24.6 Å². The normalized spacial score (nSPS) is 43.6. The second-order valence-electron chi connectivity index (χ2n) is 6.15. The van der Waals surface area contributed by atoms with E-state index in [1.807, 2.05) is 31.2 Å². The molecule has 23 heavy (non-hydrogen) atoms. The minimum absolute atomic E-state index is 0.112. The number of amidine groups is 1. The van der Waals surface area contributed by atoms with Gasteiger partial charge < -0.3 is 15.2 Å². The van der Waals surface area contributed by atoms with Crippen LogP contribution >= 0.6 is 15.9 Å². The average Bonchev–Trinajstić information content (AvgIpc) is 2.93. The zero-order chi connectivity index (χ0) is 16.5. The fraction of sp³-hybridized carbons (Fsp3) is 0.438. The van der Waals surface area contributed by atoms with Gasteiger partial charge in [-0.25, -0.2) is 4.99 Å². The van der Waals surface area contributed by atoms with Crippen LogP contribution in [0.2, 0.25) is 0 Å². The Morgan fingerprint density at radius 1 is 1.39 bits per heavy atom. The summed E-state index contributed by atoms with van der Waals surface area (Å²) in [6.07, 6.45) is -0.213. The van der Waals surface area contributed by atoms with Crippen molar-refractivity contribution in [1.82, 2.24) is 0 Å². The molecule has 116 valence electrons. The Morgan fingerprint density at radius 3 is 2.74 bits per heavy atom. The van der Waals surface area contributed by atoms with E-state index < -0.39 is 22.7 Å². The van der Waals surface area contributed by atoms with Gasteiger partial charge in [0.25, 0.3) is 5.91 Å². The Bertz CT molecular complexity index is 828. The number of halogens is 1. The molecule has 0 radical (unpaired) electrons. The lowest BCUT2D eigenvalue weighted by Crippen LogP contribution is -2.39. The van der Waals surface area contributed by atoms with Gasteiger partial charge in [0.2, 0.25) is 0 Å². The highest BCUT2D eigenvalue weighted by atomic mass is 79.9. The number of nitrogens with two attached hydrogens (primary N) is 1. The summed E-state index contributed by atoms with van der Waals surface area (Å²) in [5, 5.41) is 19.9. The van der Waals surface area contributed by atoms with Gasteiger partial charge in [0.1, 0.15) is 11.3 Å². The van der Waals surface area contributed by atoms with Crippen LogP contribution in [0.25, 0.3) is 0 Å². The number of benzene rings is 1. The number of nitriles is 2. The summed E-state index contributed by atoms with van der Waals surface area (Å²) in [4.78, 5) is 4.28. The van der Waals surface area contributed by atoms with Crippen LogP contribution in [0.3, 0.4) is 0 Å². The molecule has 0 unspecified atom stereocenters. The maximum atomic E-state index is 9.99. The van der Waals surface area contributed by atoms with Crippen LogP contribution in [-0.2, 0) is 9.47 Å². The van der Waals surface area contributed by atoms with Crippen LogP contribution in [0.5, 0.6) is 0 Å². The number of aliphatic imine (C=N–C) groups is 1. The third kappa shape index (κ3) is 1.41. The third-order valence-corrected chi connectivity index (χ3v) is 5.48. The van der Waals surface area contributed by atoms with Gasteiger partial charge in [0.05, 0.1) is 24.8 Å². The fourth-order valence-electron chi connectivity index (χ4n) is 4.05. The Balaban J connectivity index is 1.93. The number of nitrogens with zero attached hydrogens (tertiary/aromatic N) is 3. The van der Waals surface area contributed by atoms with Crippen molar-refractivity contribution < 1.29 is 9.47 Å². The standard InChI is InChI=1S/C16H13BrN4O2/c1-9-6-22-16(23-9)15(8-19)12(10-3-2-4-11(17)5-10)14(15,7-18)13(20)21-16/h2-5,9,12H,6H2,1H3,(H2,20,21)/t9-,12-,14-,15-,16-/m1/s1. The van der Waals surface area contributed by atoms with Gasteiger partial charge >= 0.3 is 0 Å². The summed E-state index contributed by atoms with van der Waals surface area (Å²) < 4.78 is 12.5. The zero-order valence-corrected chi connectivity index (χ0v) is 13.9. The van der Waals surface area contributed by atoms with E-state index in [0.717, 1.165) is 10.0 Å². The van der Waals surface area contributed by atoms with Gasteiger partial charge in [-0.1, -0.05) is 28.1 Å². The highest BCUT2D eigenvalue weighted by Crippen LogP contribution is 2.82. The molecule has 0 aromatic heterocycles. The molecule has 0 amide bonds. The molecule has 6 nitrogen and oxygen atoms in total. The Kier molecular flexibility index (Phi) is 2.76. The Morgan fingerprint density at radius 2 is 2.17 bits per heavy atom. The molecule has 1 aromatic rings. The van der Waals surface area contributed by atoms with Crippen molar-refractivity contribution in [2.45, 2.75) is 24.9 Å². The molecule has 1 saturated heterocycles. The van der Waals surface area contributed by atoms with E-state index in [1.54, 1.807) is 0 Å². The predicted molar refractivity (Wildman–Crippen MR) is 83.8 cm³/mol. The molecule has 2 heterocycles. The molecule has 2 fully saturated rings. The van der Waals surface area contributed by atoms with Gasteiger partial charge in [-0.15, -0.1) is 0 Å². The predicted octanol–water partition coefficient (Wildman–Crippen LogP) is 2.03. The summed E-state index contributed by atoms with van der Waals surface area (Å²) in [5.41, 5.74) is 4.46. The second kappa shape index (κ2) is 4.33. The van der Waals surface area contributed by atoms with Crippen molar-refractivity contribution in [3.63, 3.8) is 0 Å². The first-order chi connectivity index (χ1) is 11.0. The molecule has 2 aliphatic heterocycles. The SMILES string of the molecule is C[C@@H]1CO[C@@]2(N=C(N)[C@@]3(C#N)[C@@H](c4cccc(Br)c4)[C@@]23C#N)O1. The number of hydrogen-bond acceptors (Lipinski definition) is 6. The summed E-state index contributed by atoms with van der Waals surface area (Å²) in [6, 6.07) is 12.0. The van der Waals surface area contributed by atoms with Crippen LogP contribution in [0.1, 0.15) is 18.4 Å². The minimum Gasteiger partial charge on any atom is -0.386 e. The van der Waals surface area contributed by atoms with E-state index in [2.05, 4.69) is 33.1 Å². The molecule has 1 aliphatic carbocycles. The van der Waals surface area contributed by atoms with E-state index in [9.17, 15) is 10.5 Å². The maximum Gasteiger partial charge on any atom is 0.293 e. The summed E-state index contributed by atoms with van der Waals surface area (Å²) >= 11 is 3.43. The highest BCUT2D eigenvalue weighted by Gasteiger charge is 2.94. The third-order valence-electron chi connectivity index (χ3n) is 4.98. The number of rotatable bonds is 1. The topological polar surface area (TPSA) is 104 Å². The van der Waals surface area contributed by atoms with Gasteiger partial charge in [-0.2, -0.15) is 10.5 Å². The van der Waals surface area contributed by atoms with E-state index in [-0.39, 0.29) is 11.9 Å². The average molecular weight is 373 g/mol. The molecule has 1 aromatic carbocycles. The lowest BCUT2D eigenvalue weighted by molar-refractivity contribution is -0.193. The number of hydrogen-bond donors (Lipinski definition) is 1. The number of fused-ring (bicyclic) bond motifs is 2. The van der Waals surface area contributed by atoms with E-state index in [4.69, 9.17) is 15.2 Å². The second-order valence-corrected chi connectivity index (χ2v) is 7.06. The van der Waals surface area contributed by atoms with Crippen molar-refractivity contribution in [3.8, 4) is 12.1 Å². The van der Waals surface area contributed by atoms with Crippen LogP contribution in [0.4, 0.5) is 0 Å². The summed E-state index contributed by atoms with van der Waals surface area (Å²) in [7, 11) is 0. The van der Waals surface area contributed by atoms with Crippen molar-refractivity contribution in [2.24, 2.45) is 21.6 Å². The van der Waals surface area contributed by atoms with Gasteiger partial charge in [0.15, 0.2) is 5.41 Å². The van der Waals surface area contributed by atoms with E-state index in [1.165, 1.54) is 0 Å². The Hall–Kier alpha value is -1.93. The molecule has 1 spiro atoms. The highest BCUT2D eigenvalue weighted by molar-refractivity contribution is 9.10. The monoisotopic (exact) mass is 372 g/mol. The first-order valence-electron chi connectivity index (χ1n) is 7.23. The van der Waals surface area contributed by atoms with Crippen molar-refractivity contribution in [3.05, 3.63) is 34.3 Å². The maximum absolute atomic E-state index is 9.99. The van der Waals surface area contributed by atoms with E-state index >= 15 is 0 Å². The van der Waals surface area contributed by atoms with Crippen LogP contribution in [0.15, 0.2) is 33.7 Å². The minimum atomic E-state index is -1.49. The largest absolute Gasteiger partial charge is 0.386 e. The first kappa shape index (κ1) is 14.6. The molecule has 4 rings (SSSR count). The molecule has 5 atom stereocenters. The van der Waals surface area contributed by atoms with Crippen molar-refractivity contribution in [1.29, 1.82) is 10.5 Å². The number of ether oxygens (including phenoxy) is 2. The smallest absolute Gasteiger partial charge is 0.293 e. The summed E-state index contributed by atoms with van der Waals surface area (Å²) in [5.74, 6) is -1.82. The lowest BCUT2D eigenvalue weighted by Gasteiger charge is -2.26. The van der Waals surface area contributed by atoms with Crippen molar-refractivity contribution in [2.75, 3.05) is 6.61 Å². The molecule has 0 bridgehead atoms. The van der Waals surface area contributed by atoms with Gasteiger partial charge in [0, 0.05) is 10.4 Å². The lowest BCUT2D eigenvalue weighted by atomic mass is 9.94. The fourth-order valence-corrected chi connectivity index (χ4v) is 4.46. The van der Waals surface area contributed by atoms with Crippen LogP contribution < -0.4 is 5.73 Å². The first-order valence-corrected chi connectivity index (χ1v) is 8.02. The molecular weight excluding hydrogens is 360 g/mol. The summed E-state index contributed by atoms with van der Waals surface area (Å²) in [6.45, 7) is 2.15. The Labute approximate surface area is 141 Å². The zero-order valence-electron chi connectivity index (χ0n) is 12.3. The molecule has 1 saturated carbocycles. The quantitative estimate of drug-likeness (QED) is 0.811. The van der Waals surface area contributed by atoms with Crippen LogP contribution in [-0.4, -0.2) is 24.5 Å². The molecular formula is C16H13BrN4O2. The van der Waals surface area contributed by atoms with E-state index in [0.29, 0.717) is 6.61 Å². The molecule has 2 N–H and O–H groups in total. The van der Waals surface area contributed by atoms with Crippen LogP contribution in [0, 0.1) is 33.5 Å². The molecule has 7 heteroatoms.